The third-order valence-corrected chi connectivity index (χ3v) is 3.83. The van der Waals surface area contributed by atoms with Crippen LogP contribution in [-0.2, 0) is 6.54 Å². The molecular weight excluding hydrogens is 326 g/mol. The van der Waals surface area contributed by atoms with Gasteiger partial charge in [0, 0.05) is 30.5 Å². The van der Waals surface area contributed by atoms with Gasteiger partial charge in [0.25, 0.3) is 5.69 Å². The van der Waals surface area contributed by atoms with E-state index in [0.29, 0.717) is 15.9 Å². The van der Waals surface area contributed by atoms with Crippen molar-refractivity contribution in [2.75, 3.05) is 5.32 Å². The molecule has 2 heterocycles. The Bertz CT molecular complexity index is 615. The van der Waals surface area contributed by atoms with E-state index in [9.17, 15) is 10.1 Å². The number of hydrogen-bond acceptors (Lipinski definition) is 5. The molecule has 2 rings (SSSR count). The summed E-state index contributed by atoms with van der Waals surface area (Å²) < 4.78 is 2.56. The minimum absolute atomic E-state index is 0.00434. The van der Waals surface area contributed by atoms with Gasteiger partial charge in [0.05, 0.1) is 15.7 Å². The number of nitro groups is 1. The number of imidazole rings is 1. The van der Waals surface area contributed by atoms with Crippen LogP contribution in [-0.4, -0.2) is 25.5 Å². The molecular formula is C12H14BrN5O2. The molecule has 20 heavy (non-hydrogen) atoms. The van der Waals surface area contributed by atoms with E-state index >= 15 is 0 Å². The van der Waals surface area contributed by atoms with Crippen LogP contribution in [0, 0.1) is 17.0 Å². The van der Waals surface area contributed by atoms with Crippen molar-refractivity contribution in [3.05, 3.63) is 45.1 Å². The quantitative estimate of drug-likeness (QED) is 0.668. The highest BCUT2D eigenvalue weighted by molar-refractivity contribution is 9.10. The normalized spacial score (nSPS) is 12.2. The zero-order valence-electron chi connectivity index (χ0n) is 11.1. The number of nitrogens with zero attached hydrogens (tertiary/aromatic N) is 4. The Hall–Kier alpha value is -1.96. The van der Waals surface area contributed by atoms with Gasteiger partial charge in [-0.1, -0.05) is 0 Å². The Morgan fingerprint density at radius 1 is 1.60 bits per heavy atom. The predicted octanol–water partition coefficient (Wildman–Crippen LogP) is 2.76. The molecule has 1 N–H and O–H groups in total. The fraction of sp³-hybridized carbons (Fsp3) is 0.333. The fourth-order valence-corrected chi connectivity index (χ4v) is 2.26. The molecule has 0 bridgehead atoms. The lowest BCUT2D eigenvalue weighted by molar-refractivity contribution is -0.385. The Kier molecular flexibility index (Phi) is 4.33. The molecule has 0 aliphatic heterocycles. The number of aromatic nitrogens is 3. The van der Waals surface area contributed by atoms with Crippen LogP contribution in [0.3, 0.4) is 0 Å². The summed E-state index contributed by atoms with van der Waals surface area (Å²) in [6, 6.07) is 0.105. The topological polar surface area (TPSA) is 85.9 Å². The molecule has 0 fully saturated rings. The second-order valence-corrected chi connectivity index (χ2v) is 5.29. The summed E-state index contributed by atoms with van der Waals surface area (Å²) in [5.41, 5.74) is 0.562. The molecule has 0 amide bonds. The molecule has 0 spiro atoms. The number of pyridine rings is 1. The molecule has 1 atom stereocenters. The van der Waals surface area contributed by atoms with Crippen molar-refractivity contribution >= 4 is 27.4 Å². The van der Waals surface area contributed by atoms with Crippen molar-refractivity contribution in [1.29, 1.82) is 0 Å². The number of hydrogen-bond donors (Lipinski definition) is 1. The highest BCUT2D eigenvalue weighted by Gasteiger charge is 2.18. The van der Waals surface area contributed by atoms with E-state index in [1.54, 1.807) is 19.4 Å². The van der Waals surface area contributed by atoms with Gasteiger partial charge < -0.3 is 9.88 Å². The predicted molar refractivity (Wildman–Crippen MR) is 78.6 cm³/mol. The molecule has 106 valence electrons. The monoisotopic (exact) mass is 339 g/mol. The lowest BCUT2D eigenvalue weighted by Crippen LogP contribution is -2.22. The Morgan fingerprint density at radius 3 is 2.95 bits per heavy atom. The average Bonchev–Trinajstić information content (AvgIpc) is 2.87. The summed E-state index contributed by atoms with van der Waals surface area (Å²) in [4.78, 5) is 18.5. The molecule has 0 saturated heterocycles. The van der Waals surface area contributed by atoms with Gasteiger partial charge in [-0.3, -0.25) is 10.1 Å². The van der Waals surface area contributed by atoms with Crippen molar-refractivity contribution < 1.29 is 4.92 Å². The van der Waals surface area contributed by atoms with Gasteiger partial charge in [-0.2, -0.15) is 0 Å². The molecule has 0 aliphatic rings. The van der Waals surface area contributed by atoms with Gasteiger partial charge in [-0.15, -0.1) is 0 Å². The molecule has 7 nitrogen and oxygen atoms in total. The van der Waals surface area contributed by atoms with Crippen molar-refractivity contribution in [2.24, 2.45) is 0 Å². The van der Waals surface area contributed by atoms with E-state index in [1.807, 2.05) is 17.7 Å². The number of anilines is 1. The molecule has 1 unspecified atom stereocenters. The van der Waals surface area contributed by atoms with Gasteiger partial charge in [0.2, 0.25) is 0 Å². The number of halogens is 1. The molecule has 8 heteroatoms. The van der Waals surface area contributed by atoms with Crippen molar-refractivity contribution in [2.45, 2.75) is 26.4 Å². The summed E-state index contributed by atoms with van der Waals surface area (Å²) in [5.74, 6) is 0.598. The summed E-state index contributed by atoms with van der Waals surface area (Å²) >= 11 is 3.36. The van der Waals surface area contributed by atoms with Crippen LogP contribution >= 0.6 is 15.9 Å². The highest BCUT2D eigenvalue weighted by atomic mass is 79.9. The summed E-state index contributed by atoms with van der Waals surface area (Å²) in [7, 11) is 0. The summed E-state index contributed by atoms with van der Waals surface area (Å²) in [5, 5.41) is 14.1. The lowest BCUT2D eigenvalue weighted by atomic mass is 10.2. The minimum atomic E-state index is -0.439. The van der Waals surface area contributed by atoms with Gasteiger partial charge in [0.1, 0.15) is 12.0 Å². The average molecular weight is 340 g/mol. The van der Waals surface area contributed by atoms with Crippen LogP contribution in [0.15, 0.2) is 29.4 Å². The van der Waals surface area contributed by atoms with Crippen LogP contribution in [0.25, 0.3) is 0 Å². The van der Waals surface area contributed by atoms with E-state index in [2.05, 4.69) is 31.2 Å². The fourth-order valence-electron chi connectivity index (χ4n) is 1.84. The van der Waals surface area contributed by atoms with Crippen LogP contribution in [0.5, 0.6) is 0 Å². The minimum Gasteiger partial charge on any atom is -0.365 e. The second-order valence-electron chi connectivity index (χ2n) is 4.49. The Labute approximate surface area is 124 Å². The SMILES string of the molecule is Cc1c([N+](=O)[O-])cnc(NC(C)Cn2ccnc2)c1Br. The van der Waals surface area contributed by atoms with Gasteiger partial charge in [-0.05, 0) is 29.8 Å². The van der Waals surface area contributed by atoms with Crippen molar-refractivity contribution in [3.8, 4) is 0 Å². The number of rotatable bonds is 5. The zero-order valence-corrected chi connectivity index (χ0v) is 12.7. The van der Waals surface area contributed by atoms with Crippen LogP contribution < -0.4 is 5.32 Å². The van der Waals surface area contributed by atoms with Crippen molar-refractivity contribution in [1.82, 2.24) is 14.5 Å². The van der Waals surface area contributed by atoms with E-state index in [1.165, 1.54) is 6.20 Å². The largest absolute Gasteiger partial charge is 0.365 e. The first-order valence-electron chi connectivity index (χ1n) is 6.00. The van der Waals surface area contributed by atoms with E-state index < -0.39 is 4.92 Å². The lowest BCUT2D eigenvalue weighted by Gasteiger charge is -2.16. The first-order chi connectivity index (χ1) is 9.49. The summed E-state index contributed by atoms with van der Waals surface area (Å²) in [6.45, 7) is 4.42. The maximum atomic E-state index is 10.8. The summed E-state index contributed by atoms with van der Waals surface area (Å²) in [6.07, 6.45) is 6.60. The van der Waals surface area contributed by atoms with Gasteiger partial charge >= 0.3 is 0 Å². The standard InChI is InChI=1S/C12H14BrN5O2/c1-8(6-17-4-3-14-7-17)16-12-11(13)9(2)10(5-15-12)18(19)20/h3-5,7-8H,6H2,1-2H3,(H,15,16). The molecule has 0 saturated carbocycles. The maximum Gasteiger partial charge on any atom is 0.291 e. The highest BCUT2D eigenvalue weighted by Crippen LogP contribution is 2.30. The van der Waals surface area contributed by atoms with Crippen LogP contribution in [0.1, 0.15) is 12.5 Å². The molecule has 2 aromatic heterocycles. The third-order valence-electron chi connectivity index (χ3n) is 2.86. The maximum absolute atomic E-state index is 10.8. The Morgan fingerprint density at radius 2 is 2.35 bits per heavy atom. The number of nitrogens with one attached hydrogen (secondary N) is 1. The van der Waals surface area contributed by atoms with Crippen LogP contribution in [0.2, 0.25) is 0 Å². The van der Waals surface area contributed by atoms with Crippen LogP contribution in [0.4, 0.5) is 11.5 Å². The third kappa shape index (κ3) is 3.13. The molecule has 0 aliphatic carbocycles. The Balaban J connectivity index is 2.13. The molecule has 0 radical (unpaired) electrons. The van der Waals surface area contributed by atoms with E-state index in [0.717, 1.165) is 6.54 Å². The molecule has 0 aromatic carbocycles. The van der Waals surface area contributed by atoms with Gasteiger partial charge in [0.15, 0.2) is 0 Å². The second kappa shape index (κ2) is 6.00. The van der Waals surface area contributed by atoms with E-state index in [4.69, 9.17) is 0 Å². The smallest absolute Gasteiger partial charge is 0.291 e. The zero-order chi connectivity index (χ0) is 14.7. The first kappa shape index (κ1) is 14.4. The molecule has 2 aromatic rings. The van der Waals surface area contributed by atoms with E-state index in [-0.39, 0.29) is 11.7 Å². The first-order valence-corrected chi connectivity index (χ1v) is 6.80. The van der Waals surface area contributed by atoms with Gasteiger partial charge in [-0.25, -0.2) is 9.97 Å². The van der Waals surface area contributed by atoms with Crippen molar-refractivity contribution in [3.63, 3.8) is 0 Å².